The standard InChI is InChI=1S/C18H15FIN6O2P/c19-17(20)14-16(28-9-22-14)18(27)24-6-4-12-13(21-8-26(12)29)15(24)11-7-10-3-1-2-5-25(10)23-11/h1-3,5,7-9,15,17H,4,6,29H2/t15-,17?/m1/s1. The zero-order valence-corrected chi connectivity index (χ0v) is 18.3. The van der Waals surface area contributed by atoms with E-state index in [2.05, 4.69) is 24.5 Å². The summed E-state index contributed by atoms with van der Waals surface area (Å²) >= 11 is 1.57. The van der Waals surface area contributed by atoms with Gasteiger partial charge in [-0.05, 0) is 50.2 Å². The Kier molecular flexibility index (Phi) is 4.62. The molecule has 0 radical (unpaired) electrons. The van der Waals surface area contributed by atoms with Gasteiger partial charge >= 0.3 is 0 Å². The second kappa shape index (κ2) is 7.17. The molecule has 0 saturated carbocycles. The largest absolute Gasteiger partial charge is 0.438 e. The van der Waals surface area contributed by atoms with Crippen molar-refractivity contribution < 1.29 is 13.6 Å². The molecule has 0 bridgehead atoms. The maximum absolute atomic E-state index is 13.9. The summed E-state index contributed by atoms with van der Waals surface area (Å²) in [5.41, 5.74) is 3.34. The van der Waals surface area contributed by atoms with E-state index in [1.54, 1.807) is 38.3 Å². The number of carbonyl (C=O) groups is 1. The molecule has 1 aliphatic rings. The van der Waals surface area contributed by atoms with E-state index in [1.807, 2.05) is 34.8 Å². The van der Waals surface area contributed by atoms with Crippen molar-refractivity contribution in [2.75, 3.05) is 6.54 Å². The molecule has 4 aromatic heterocycles. The molecule has 11 heteroatoms. The molecule has 8 nitrogen and oxygen atoms in total. The molecule has 0 aromatic carbocycles. The second-order valence-electron chi connectivity index (χ2n) is 6.64. The zero-order chi connectivity index (χ0) is 20.1. The Hall–Kier alpha value is -2.33. The highest BCUT2D eigenvalue weighted by Crippen LogP contribution is 2.37. The molecule has 0 fully saturated rings. The number of hydrogen-bond acceptors (Lipinski definition) is 5. The highest BCUT2D eigenvalue weighted by molar-refractivity contribution is 14.1. The van der Waals surface area contributed by atoms with E-state index in [1.165, 1.54) is 0 Å². The van der Waals surface area contributed by atoms with Crippen molar-refractivity contribution in [2.24, 2.45) is 0 Å². The molecule has 1 amide bonds. The first-order valence-electron chi connectivity index (χ1n) is 8.82. The summed E-state index contributed by atoms with van der Waals surface area (Å²) in [6.45, 7) is 0.419. The summed E-state index contributed by atoms with van der Waals surface area (Å²) in [5.74, 6) is -0.516. The van der Waals surface area contributed by atoms with E-state index < -0.39 is 16.1 Å². The third-order valence-electron chi connectivity index (χ3n) is 5.01. The lowest BCUT2D eigenvalue weighted by Gasteiger charge is -2.33. The number of pyridine rings is 1. The van der Waals surface area contributed by atoms with Crippen LogP contribution in [0.25, 0.3) is 5.52 Å². The van der Waals surface area contributed by atoms with Crippen molar-refractivity contribution in [3.63, 3.8) is 0 Å². The van der Waals surface area contributed by atoms with Crippen LogP contribution >= 0.6 is 32.0 Å². The lowest BCUT2D eigenvalue weighted by atomic mass is 9.99. The second-order valence-corrected chi connectivity index (χ2v) is 8.29. The van der Waals surface area contributed by atoms with Gasteiger partial charge in [0.05, 0.1) is 23.2 Å². The first-order chi connectivity index (χ1) is 14.0. The molecular weight excluding hydrogens is 509 g/mol. The normalized spacial score (nSPS) is 17.5. The Morgan fingerprint density at radius 2 is 2.24 bits per heavy atom. The van der Waals surface area contributed by atoms with Gasteiger partial charge in [-0.15, -0.1) is 0 Å². The lowest BCUT2D eigenvalue weighted by Crippen LogP contribution is -2.41. The number of nitrogens with zero attached hydrogens (tertiary/aromatic N) is 6. The Balaban J connectivity index is 1.64. The van der Waals surface area contributed by atoms with Gasteiger partial charge < -0.3 is 13.7 Å². The van der Waals surface area contributed by atoms with Gasteiger partial charge in [0, 0.05) is 24.9 Å². The molecule has 148 valence electrons. The van der Waals surface area contributed by atoms with Gasteiger partial charge in [-0.1, -0.05) is 6.07 Å². The third kappa shape index (κ3) is 3.05. The van der Waals surface area contributed by atoms with E-state index in [-0.39, 0.29) is 11.5 Å². The number of oxazole rings is 1. The fourth-order valence-corrected chi connectivity index (χ4v) is 4.47. The Bertz CT molecular complexity index is 1190. The van der Waals surface area contributed by atoms with Crippen molar-refractivity contribution in [1.82, 2.24) is 28.8 Å². The van der Waals surface area contributed by atoms with Crippen LogP contribution in [-0.4, -0.2) is 41.3 Å². The molecule has 29 heavy (non-hydrogen) atoms. The van der Waals surface area contributed by atoms with Crippen molar-refractivity contribution in [1.29, 1.82) is 0 Å². The van der Waals surface area contributed by atoms with Crippen LogP contribution in [-0.2, 0) is 6.42 Å². The molecule has 0 spiro atoms. The minimum atomic E-state index is -1.44. The van der Waals surface area contributed by atoms with Crippen molar-refractivity contribution in [3.8, 4) is 0 Å². The van der Waals surface area contributed by atoms with Crippen LogP contribution < -0.4 is 0 Å². The van der Waals surface area contributed by atoms with Crippen LogP contribution in [0.2, 0.25) is 0 Å². The van der Waals surface area contributed by atoms with Gasteiger partial charge in [-0.25, -0.2) is 18.9 Å². The van der Waals surface area contributed by atoms with Crippen LogP contribution in [0.3, 0.4) is 0 Å². The van der Waals surface area contributed by atoms with E-state index in [4.69, 9.17) is 4.42 Å². The third-order valence-corrected chi connectivity index (χ3v) is 6.05. The topological polar surface area (TPSA) is 81.5 Å². The minimum absolute atomic E-state index is 0.00766. The summed E-state index contributed by atoms with van der Waals surface area (Å²) in [4.78, 5) is 23.4. The van der Waals surface area contributed by atoms with Crippen LogP contribution in [0, 0.1) is 0 Å². The van der Waals surface area contributed by atoms with Gasteiger partial charge in [0.2, 0.25) is 5.76 Å². The van der Waals surface area contributed by atoms with Gasteiger partial charge in [0.25, 0.3) is 5.91 Å². The number of fused-ring (bicyclic) bond motifs is 2. The van der Waals surface area contributed by atoms with Gasteiger partial charge in [0.15, 0.2) is 10.6 Å². The number of rotatable bonds is 3. The first kappa shape index (κ1) is 18.7. The molecule has 1 aliphatic heterocycles. The SMILES string of the molecule is O=C(c1ocnc1C(F)I)N1CCc2c(ncn2P)[C@H]1c1cc2ccccn2n1. The summed E-state index contributed by atoms with van der Waals surface area (Å²) in [7, 11) is 2.61. The summed E-state index contributed by atoms with van der Waals surface area (Å²) in [5, 5.41) is 4.66. The maximum atomic E-state index is 13.9. The number of alkyl halides is 2. The van der Waals surface area contributed by atoms with Gasteiger partial charge in [0.1, 0.15) is 11.7 Å². The van der Waals surface area contributed by atoms with Crippen LogP contribution in [0.5, 0.6) is 0 Å². The molecule has 2 unspecified atom stereocenters. The zero-order valence-electron chi connectivity index (χ0n) is 14.9. The molecule has 0 saturated heterocycles. The van der Waals surface area contributed by atoms with Crippen molar-refractivity contribution >= 4 is 43.4 Å². The van der Waals surface area contributed by atoms with E-state index in [9.17, 15) is 9.18 Å². The van der Waals surface area contributed by atoms with E-state index >= 15 is 0 Å². The number of aromatic nitrogens is 5. The monoisotopic (exact) mass is 524 g/mol. The van der Waals surface area contributed by atoms with Crippen molar-refractivity contribution in [2.45, 2.75) is 16.6 Å². The molecule has 5 heterocycles. The molecule has 0 aliphatic carbocycles. The predicted molar refractivity (Wildman–Crippen MR) is 113 cm³/mol. The van der Waals surface area contributed by atoms with Crippen molar-refractivity contribution in [3.05, 3.63) is 71.7 Å². The van der Waals surface area contributed by atoms with E-state index in [0.29, 0.717) is 18.7 Å². The number of hydrogen-bond donors (Lipinski definition) is 0. The summed E-state index contributed by atoms with van der Waals surface area (Å²) in [6.07, 6.45) is 5.26. The number of halogens is 2. The van der Waals surface area contributed by atoms with E-state index in [0.717, 1.165) is 23.3 Å². The highest BCUT2D eigenvalue weighted by atomic mass is 127. The average molecular weight is 524 g/mol. The molecule has 3 atom stereocenters. The average Bonchev–Trinajstić information content (AvgIpc) is 3.44. The van der Waals surface area contributed by atoms with Crippen LogP contribution in [0.15, 0.2) is 47.6 Å². The lowest BCUT2D eigenvalue weighted by molar-refractivity contribution is 0.0651. The number of carbonyl (C=O) groups excluding carboxylic acids is 1. The number of imidazole rings is 1. The van der Waals surface area contributed by atoms with Crippen LogP contribution in [0.1, 0.15) is 43.6 Å². The maximum Gasteiger partial charge on any atom is 0.292 e. The Morgan fingerprint density at radius 3 is 3.03 bits per heavy atom. The number of amides is 1. The predicted octanol–water partition coefficient (Wildman–Crippen LogP) is 3.35. The fourth-order valence-electron chi connectivity index (χ4n) is 3.70. The quantitative estimate of drug-likeness (QED) is 0.234. The minimum Gasteiger partial charge on any atom is -0.438 e. The summed E-state index contributed by atoms with van der Waals surface area (Å²) < 4.78 is 21.4. The summed E-state index contributed by atoms with van der Waals surface area (Å²) in [6, 6.07) is 7.17. The Morgan fingerprint density at radius 1 is 1.38 bits per heavy atom. The fraction of sp³-hybridized carbons (Fsp3) is 0.222. The van der Waals surface area contributed by atoms with Gasteiger partial charge in [-0.3, -0.25) is 4.79 Å². The molecule has 5 rings (SSSR count). The smallest absolute Gasteiger partial charge is 0.292 e. The molecular formula is C18H15FIN6O2P. The van der Waals surface area contributed by atoms with Crippen LogP contribution in [0.4, 0.5) is 4.39 Å². The highest BCUT2D eigenvalue weighted by Gasteiger charge is 2.39. The first-order valence-corrected chi connectivity index (χ1v) is 10.6. The molecule has 0 N–H and O–H groups in total. The molecule has 4 aromatic rings. The Labute approximate surface area is 180 Å². The van der Waals surface area contributed by atoms with Gasteiger partial charge in [-0.2, -0.15) is 5.10 Å².